The van der Waals surface area contributed by atoms with Crippen molar-refractivity contribution in [2.45, 2.75) is 38.1 Å². The Morgan fingerprint density at radius 3 is 2.67 bits per heavy atom. The van der Waals surface area contributed by atoms with Crippen LogP contribution in [0.25, 0.3) is 0 Å². The molecule has 116 valence electrons. The number of piperidine rings is 1. The van der Waals surface area contributed by atoms with Gasteiger partial charge in [-0.1, -0.05) is 29.3 Å². The number of halogens is 2. The first-order chi connectivity index (χ1) is 9.94. The second-order valence-corrected chi connectivity index (χ2v) is 7.73. The van der Waals surface area contributed by atoms with E-state index in [0.717, 1.165) is 19.7 Å². The second-order valence-electron chi connectivity index (χ2n) is 6.92. The van der Waals surface area contributed by atoms with Crippen molar-refractivity contribution in [2.24, 2.45) is 5.41 Å². The predicted molar refractivity (Wildman–Crippen MR) is 88.4 cm³/mol. The molecule has 1 aromatic carbocycles. The molecule has 0 unspecified atom stereocenters. The molecular weight excluding hydrogens is 305 g/mol. The molecule has 1 heterocycles. The van der Waals surface area contributed by atoms with E-state index >= 15 is 0 Å². The van der Waals surface area contributed by atoms with Gasteiger partial charge < -0.3 is 9.64 Å². The van der Waals surface area contributed by atoms with E-state index in [1.165, 1.54) is 18.4 Å². The molecule has 1 aliphatic heterocycles. The van der Waals surface area contributed by atoms with E-state index in [2.05, 4.69) is 30.9 Å². The highest BCUT2D eigenvalue weighted by molar-refractivity contribution is 6.42. The minimum atomic E-state index is 0.225. The number of hydrogen-bond donors (Lipinski definition) is 0. The third-order valence-electron chi connectivity index (χ3n) is 5.48. The Morgan fingerprint density at radius 1 is 1.29 bits per heavy atom. The van der Waals surface area contributed by atoms with Crippen molar-refractivity contribution in [1.29, 1.82) is 0 Å². The first-order valence-electron chi connectivity index (χ1n) is 7.63. The van der Waals surface area contributed by atoms with Gasteiger partial charge in [-0.3, -0.25) is 0 Å². The van der Waals surface area contributed by atoms with Crippen molar-refractivity contribution < 1.29 is 4.74 Å². The van der Waals surface area contributed by atoms with Gasteiger partial charge in [0.1, 0.15) is 0 Å². The number of nitrogens with zero attached hydrogens (tertiary/aromatic N) is 1. The van der Waals surface area contributed by atoms with Gasteiger partial charge in [0.2, 0.25) is 0 Å². The van der Waals surface area contributed by atoms with E-state index < -0.39 is 0 Å². The summed E-state index contributed by atoms with van der Waals surface area (Å²) in [6.45, 7) is 7.61. The SMILES string of the molecule is COC[C@]12CN(C(C)C)CC[C@@]1(c1ccc(Cl)c(Cl)c1)C2. The van der Waals surface area contributed by atoms with Gasteiger partial charge in [0.05, 0.1) is 16.7 Å². The average molecular weight is 328 g/mol. The van der Waals surface area contributed by atoms with Crippen LogP contribution in [0.4, 0.5) is 0 Å². The van der Waals surface area contributed by atoms with Crippen molar-refractivity contribution in [3.63, 3.8) is 0 Å². The number of ether oxygens (including phenoxy) is 1. The molecule has 1 saturated heterocycles. The van der Waals surface area contributed by atoms with Crippen LogP contribution in [0.2, 0.25) is 10.0 Å². The van der Waals surface area contributed by atoms with Gasteiger partial charge in [-0.05, 0) is 50.9 Å². The van der Waals surface area contributed by atoms with E-state index in [4.69, 9.17) is 27.9 Å². The fraction of sp³-hybridized carbons (Fsp3) is 0.647. The predicted octanol–water partition coefficient (Wildman–Crippen LogP) is 4.38. The molecule has 0 spiro atoms. The molecule has 21 heavy (non-hydrogen) atoms. The molecular formula is C17H23Cl2NO. The van der Waals surface area contributed by atoms with Crippen molar-refractivity contribution in [3.05, 3.63) is 33.8 Å². The van der Waals surface area contributed by atoms with Crippen molar-refractivity contribution in [2.75, 3.05) is 26.8 Å². The van der Waals surface area contributed by atoms with Gasteiger partial charge in [-0.25, -0.2) is 0 Å². The molecule has 3 rings (SSSR count). The van der Waals surface area contributed by atoms with E-state index in [1.54, 1.807) is 7.11 Å². The lowest BCUT2D eigenvalue weighted by Crippen LogP contribution is -2.46. The van der Waals surface area contributed by atoms with Crippen LogP contribution >= 0.6 is 23.2 Å². The zero-order chi connectivity index (χ0) is 15.3. The van der Waals surface area contributed by atoms with Gasteiger partial charge in [0.25, 0.3) is 0 Å². The summed E-state index contributed by atoms with van der Waals surface area (Å²) in [5.41, 5.74) is 1.79. The highest BCUT2D eigenvalue weighted by Gasteiger charge is 2.69. The molecule has 2 atom stereocenters. The Labute approximate surface area is 137 Å². The summed E-state index contributed by atoms with van der Waals surface area (Å²) in [5, 5.41) is 1.29. The second kappa shape index (κ2) is 5.42. The first-order valence-corrected chi connectivity index (χ1v) is 8.38. The fourth-order valence-corrected chi connectivity index (χ4v) is 4.49. The van der Waals surface area contributed by atoms with Crippen LogP contribution in [0.3, 0.4) is 0 Å². The van der Waals surface area contributed by atoms with Gasteiger partial charge in [-0.2, -0.15) is 0 Å². The largest absolute Gasteiger partial charge is 0.384 e. The minimum Gasteiger partial charge on any atom is -0.384 e. The van der Waals surface area contributed by atoms with Crippen LogP contribution < -0.4 is 0 Å². The number of fused-ring (bicyclic) bond motifs is 1. The maximum absolute atomic E-state index is 6.24. The lowest BCUT2D eigenvalue weighted by atomic mass is 9.80. The van der Waals surface area contributed by atoms with Crippen molar-refractivity contribution in [1.82, 2.24) is 4.90 Å². The van der Waals surface area contributed by atoms with Crippen LogP contribution in [-0.2, 0) is 10.2 Å². The van der Waals surface area contributed by atoms with Crippen LogP contribution in [0.5, 0.6) is 0 Å². The van der Waals surface area contributed by atoms with E-state index in [1.807, 2.05) is 6.07 Å². The van der Waals surface area contributed by atoms with Crippen LogP contribution in [0.1, 0.15) is 32.3 Å². The summed E-state index contributed by atoms with van der Waals surface area (Å²) >= 11 is 12.3. The lowest BCUT2D eigenvalue weighted by molar-refractivity contribution is 0.0547. The normalized spacial score (nSPS) is 32.3. The Hall–Kier alpha value is -0.280. The summed E-state index contributed by atoms with van der Waals surface area (Å²) in [4.78, 5) is 2.57. The van der Waals surface area contributed by atoms with Gasteiger partial charge in [0.15, 0.2) is 0 Å². The van der Waals surface area contributed by atoms with Gasteiger partial charge in [-0.15, -0.1) is 0 Å². The zero-order valence-electron chi connectivity index (χ0n) is 13.0. The third kappa shape index (κ3) is 2.41. The molecule has 2 fully saturated rings. The fourth-order valence-electron chi connectivity index (χ4n) is 4.19. The Kier molecular flexibility index (Phi) is 4.03. The molecule has 0 radical (unpaired) electrons. The standard InChI is InChI=1S/C17H23Cl2NO/c1-12(2)20-7-6-17(9-16(17,10-20)11-21-3)13-4-5-14(18)15(19)8-13/h4-5,8,12H,6-7,9-11H2,1-3H3/t16-,17-/m0/s1. The summed E-state index contributed by atoms with van der Waals surface area (Å²) in [7, 11) is 1.81. The van der Waals surface area contributed by atoms with Gasteiger partial charge >= 0.3 is 0 Å². The van der Waals surface area contributed by atoms with E-state index in [-0.39, 0.29) is 10.8 Å². The lowest BCUT2D eigenvalue weighted by Gasteiger charge is -2.40. The number of likely N-dealkylation sites (tertiary alicyclic amines) is 1. The van der Waals surface area contributed by atoms with Crippen LogP contribution in [0.15, 0.2) is 18.2 Å². The number of methoxy groups -OCH3 is 1. The Balaban J connectivity index is 1.93. The monoisotopic (exact) mass is 327 g/mol. The molecule has 1 aromatic rings. The number of rotatable bonds is 4. The molecule has 1 aliphatic carbocycles. The molecule has 0 N–H and O–H groups in total. The summed E-state index contributed by atoms with van der Waals surface area (Å²) in [5.74, 6) is 0. The molecule has 0 amide bonds. The van der Waals surface area contributed by atoms with Gasteiger partial charge in [0, 0.05) is 30.5 Å². The average Bonchev–Trinajstić information content (AvgIpc) is 3.11. The Morgan fingerprint density at radius 2 is 2.05 bits per heavy atom. The maximum Gasteiger partial charge on any atom is 0.0595 e. The topological polar surface area (TPSA) is 12.5 Å². The summed E-state index contributed by atoms with van der Waals surface area (Å²) < 4.78 is 5.57. The molecule has 2 aliphatic rings. The van der Waals surface area contributed by atoms with Crippen molar-refractivity contribution >= 4 is 23.2 Å². The number of hydrogen-bond acceptors (Lipinski definition) is 2. The smallest absolute Gasteiger partial charge is 0.0595 e. The Bertz CT molecular complexity index is 548. The molecule has 0 bridgehead atoms. The first kappa shape index (κ1) is 15.6. The highest BCUT2D eigenvalue weighted by Crippen LogP contribution is 2.69. The molecule has 1 saturated carbocycles. The number of benzene rings is 1. The van der Waals surface area contributed by atoms with Crippen LogP contribution in [-0.4, -0.2) is 37.7 Å². The summed E-state index contributed by atoms with van der Waals surface area (Å²) in [6.07, 6.45) is 2.36. The quantitative estimate of drug-likeness (QED) is 0.813. The summed E-state index contributed by atoms with van der Waals surface area (Å²) in [6, 6.07) is 6.73. The third-order valence-corrected chi connectivity index (χ3v) is 6.22. The van der Waals surface area contributed by atoms with Crippen LogP contribution in [0, 0.1) is 5.41 Å². The minimum absolute atomic E-state index is 0.225. The highest BCUT2D eigenvalue weighted by atomic mass is 35.5. The van der Waals surface area contributed by atoms with Crippen molar-refractivity contribution in [3.8, 4) is 0 Å². The molecule has 4 heteroatoms. The maximum atomic E-state index is 6.24. The van der Waals surface area contributed by atoms with E-state index in [0.29, 0.717) is 16.1 Å². The zero-order valence-corrected chi connectivity index (χ0v) is 14.5. The van der Waals surface area contributed by atoms with E-state index in [9.17, 15) is 0 Å². The molecule has 0 aromatic heterocycles. The molecule has 2 nitrogen and oxygen atoms in total.